The molecule has 0 saturated carbocycles. The molecule has 0 atom stereocenters. The van der Waals surface area contributed by atoms with E-state index in [2.05, 4.69) is 29.1 Å². The molecular formula is C20H23N3OS. The van der Waals surface area contributed by atoms with E-state index in [-0.39, 0.29) is 5.91 Å². The van der Waals surface area contributed by atoms with Crippen molar-refractivity contribution in [2.75, 3.05) is 6.54 Å². The molecule has 2 aromatic carbocycles. The fourth-order valence-electron chi connectivity index (χ4n) is 2.58. The second kappa shape index (κ2) is 8.21. The Labute approximate surface area is 152 Å². The molecule has 1 amide bonds. The van der Waals surface area contributed by atoms with E-state index in [0.717, 1.165) is 33.7 Å². The molecule has 4 nitrogen and oxygen atoms in total. The number of hydrogen-bond acceptors (Lipinski definition) is 3. The monoisotopic (exact) mass is 353 g/mol. The number of aromatic amines is 1. The van der Waals surface area contributed by atoms with Gasteiger partial charge in [0.25, 0.3) is 5.91 Å². The minimum absolute atomic E-state index is 0.00135. The molecule has 2 N–H and O–H groups in total. The lowest BCUT2D eigenvalue weighted by Crippen LogP contribution is -2.26. The Morgan fingerprint density at radius 2 is 1.92 bits per heavy atom. The number of amides is 1. The van der Waals surface area contributed by atoms with Gasteiger partial charge in [0.1, 0.15) is 0 Å². The highest BCUT2D eigenvalue weighted by atomic mass is 32.2. The van der Waals surface area contributed by atoms with Gasteiger partial charge in [-0.3, -0.25) is 4.79 Å². The third-order valence-electron chi connectivity index (χ3n) is 4.00. The van der Waals surface area contributed by atoms with Crippen LogP contribution < -0.4 is 5.32 Å². The van der Waals surface area contributed by atoms with E-state index in [1.54, 1.807) is 11.8 Å². The quantitative estimate of drug-likeness (QED) is 0.609. The van der Waals surface area contributed by atoms with Crippen LogP contribution in [0.2, 0.25) is 0 Å². The number of H-pyrrole nitrogens is 1. The zero-order chi connectivity index (χ0) is 17.6. The highest BCUT2D eigenvalue weighted by Crippen LogP contribution is 2.24. The van der Waals surface area contributed by atoms with Crippen molar-refractivity contribution in [3.05, 3.63) is 59.7 Å². The molecule has 3 aromatic rings. The van der Waals surface area contributed by atoms with E-state index in [9.17, 15) is 4.79 Å². The van der Waals surface area contributed by atoms with Crippen LogP contribution in [0.1, 0.15) is 36.2 Å². The first-order chi connectivity index (χ1) is 12.1. The first kappa shape index (κ1) is 17.5. The molecule has 0 radical (unpaired) electrons. The second-order valence-corrected chi connectivity index (χ2v) is 7.41. The number of carbonyl (C=O) groups excluding carboxylic acids is 1. The minimum Gasteiger partial charge on any atom is -0.352 e. The summed E-state index contributed by atoms with van der Waals surface area (Å²) in [6.07, 6.45) is 0.988. The molecule has 0 bridgehead atoms. The van der Waals surface area contributed by atoms with Crippen molar-refractivity contribution >= 4 is 28.7 Å². The van der Waals surface area contributed by atoms with Crippen LogP contribution in [0.25, 0.3) is 11.0 Å². The Morgan fingerprint density at radius 3 is 2.72 bits per heavy atom. The first-order valence-corrected chi connectivity index (χ1v) is 9.55. The van der Waals surface area contributed by atoms with E-state index >= 15 is 0 Å². The predicted octanol–water partition coefficient (Wildman–Crippen LogP) is 4.63. The van der Waals surface area contributed by atoms with E-state index in [1.807, 2.05) is 48.5 Å². The highest BCUT2D eigenvalue weighted by molar-refractivity contribution is 7.98. The van der Waals surface area contributed by atoms with Crippen molar-refractivity contribution in [2.45, 2.75) is 31.2 Å². The van der Waals surface area contributed by atoms with Gasteiger partial charge in [0.05, 0.1) is 11.0 Å². The number of para-hydroxylation sites is 2. The predicted molar refractivity (Wildman–Crippen MR) is 104 cm³/mol. The average molecular weight is 353 g/mol. The summed E-state index contributed by atoms with van der Waals surface area (Å²) in [7, 11) is 0. The minimum atomic E-state index is 0.00135. The summed E-state index contributed by atoms with van der Waals surface area (Å²) in [6.45, 7) is 5.02. The second-order valence-electron chi connectivity index (χ2n) is 6.44. The lowest BCUT2D eigenvalue weighted by Gasteiger charge is -2.10. The smallest absolute Gasteiger partial charge is 0.251 e. The molecular weight excluding hydrogens is 330 g/mol. The van der Waals surface area contributed by atoms with Crippen LogP contribution in [-0.2, 0) is 5.75 Å². The van der Waals surface area contributed by atoms with E-state index in [0.29, 0.717) is 18.2 Å². The first-order valence-electron chi connectivity index (χ1n) is 8.57. The van der Waals surface area contributed by atoms with E-state index in [1.165, 1.54) is 0 Å². The Kier molecular flexibility index (Phi) is 5.76. The molecule has 130 valence electrons. The molecule has 0 unspecified atom stereocenters. The Morgan fingerprint density at radius 1 is 1.16 bits per heavy atom. The van der Waals surface area contributed by atoms with Crippen LogP contribution in [0.5, 0.6) is 0 Å². The SMILES string of the molecule is CC(C)CCNC(=O)c1ccccc1CSc1nc2ccccc2[nH]1. The van der Waals surface area contributed by atoms with Crippen molar-refractivity contribution in [3.63, 3.8) is 0 Å². The maximum atomic E-state index is 12.5. The number of aromatic nitrogens is 2. The summed E-state index contributed by atoms with van der Waals surface area (Å²) in [5, 5.41) is 3.89. The molecule has 0 fully saturated rings. The Bertz CT molecular complexity index is 824. The van der Waals surface area contributed by atoms with Crippen molar-refractivity contribution < 1.29 is 4.79 Å². The molecule has 0 aliphatic carbocycles. The highest BCUT2D eigenvalue weighted by Gasteiger charge is 2.12. The number of hydrogen-bond donors (Lipinski definition) is 2. The van der Waals surface area contributed by atoms with Crippen molar-refractivity contribution in [2.24, 2.45) is 5.92 Å². The molecule has 3 rings (SSSR count). The van der Waals surface area contributed by atoms with E-state index < -0.39 is 0 Å². The van der Waals surface area contributed by atoms with Crippen LogP contribution >= 0.6 is 11.8 Å². The standard InChI is InChI=1S/C20H23N3OS/c1-14(2)11-12-21-19(24)16-8-4-3-7-15(16)13-25-20-22-17-9-5-6-10-18(17)23-20/h3-10,14H,11-13H2,1-2H3,(H,21,24)(H,22,23). The molecule has 1 aromatic heterocycles. The summed E-state index contributed by atoms with van der Waals surface area (Å²) < 4.78 is 0. The van der Waals surface area contributed by atoms with Crippen LogP contribution in [0.3, 0.4) is 0 Å². The number of nitrogens with zero attached hydrogens (tertiary/aromatic N) is 1. The van der Waals surface area contributed by atoms with Crippen LogP contribution in [0.4, 0.5) is 0 Å². The summed E-state index contributed by atoms with van der Waals surface area (Å²) >= 11 is 1.61. The normalized spacial score (nSPS) is 11.2. The number of nitrogens with one attached hydrogen (secondary N) is 2. The fraction of sp³-hybridized carbons (Fsp3) is 0.300. The lowest BCUT2D eigenvalue weighted by molar-refractivity contribution is 0.0951. The van der Waals surface area contributed by atoms with Crippen molar-refractivity contribution in [1.29, 1.82) is 0 Å². The summed E-state index contributed by atoms with van der Waals surface area (Å²) in [6, 6.07) is 15.8. The van der Waals surface area contributed by atoms with Gasteiger partial charge in [-0.05, 0) is 36.1 Å². The number of benzene rings is 2. The van der Waals surface area contributed by atoms with Gasteiger partial charge >= 0.3 is 0 Å². The summed E-state index contributed by atoms with van der Waals surface area (Å²) in [5.74, 6) is 1.29. The molecule has 0 aliphatic heterocycles. The van der Waals surface area contributed by atoms with Crippen LogP contribution in [-0.4, -0.2) is 22.4 Å². The number of thioether (sulfide) groups is 1. The topological polar surface area (TPSA) is 57.8 Å². The van der Waals surface area contributed by atoms with Gasteiger partial charge in [-0.15, -0.1) is 0 Å². The number of imidazole rings is 1. The van der Waals surface area contributed by atoms with Crippen molar-refractivity contribution in [1.82, 2.24) is 15.3 Å². The third kappa shape index (κ3) is 4.63. The lowest BCUT2D eigenvalue weighted by atomic mass is 10.1. The van der Waals surface area contributed by atoms with E-state index in [4.69, 9.17) is 0 Å². The van der Waals surface area contributed by atoms with Gasteiger partial charge in [-0.2, -0.15) is 0 Å². The van der Waals surface area contributed by atoms with Crippen molar-refractivity contribution in [3.8, 4) is 0 Å². The summed E-state index contributed by atoms with van der Waals surface area (Å²) in [5.41, 5.74) is 3.76. The summed E-state index contributed by atoms with van der Waals surface area (Å²) in [4.78, 5) is 20.3. The van der Waals surface area contributed by atoms with Gasteiger partial charge in [0.15, 0.2) is 5.16 Å². The fourth-order valence-corrected chi connectivity index (χ4v) is 3.47. The molecule has 5 heteroatoms. The number of fused-ring (bicyclic) bond motifs is 1. The van der Waals surface area contributed by atoms with Gasteiger partial charge in [0, 0.05) is 17.9 Å². The Hall–Kier alpha value is -2.27. The van der Waals surface area contributed by atoms with Gasteiger partial charge in [-0.25, -0.2) is 4.98 Å². The molecule has 0 aliphatic rings. The zero-order valence-electron chi connectivity index (χ0n) is 14.6. The Balaban J connectivity index is 1.67. The molecule has 0 spiro atoms. The average Bonchev–Trinajstić information content (AvgIpc) is 3.02. The van der Waals surface area contributed by atoms with Crippen LogP contribution in [0.15, 0.2) is 53.7 Å². The maximum absolute atomic E-state index is 12.5. The van der Waals surface area contributed by atoms with Gasteiger partial charge in [-0.1, -0.05) is 55.9 Å². The largest absolute Gasteiger partial charge is 0.352 e. The van der Waals surface area contributed by atoms with Crippen LogP contribution in [0, 0.1) is 5.92 Å². The molecule has 25 heavy (non-hydrogen) atoms. The third-order valence-corrected chi connectivity index (χ3v) is 4.92. The maximum Gasteiger partial charge on any atom is 0.251 e. The van der Waals surface area contributed by atoms with Gasteiger partial charge < -0.3 is 10.3 Å². The molecule has 0 saturated heterocycles. The van der Waals surface area contributed by atoms with Gasteiger partial charge in [0.2, 0.25) is 0 Å². The number of carbonyl (C=O) groups is 1. The number of rotatable bonds is 7. The molecule has 1 heterocycles. The zero-order valence-corrected chi connectivity index (χ0v) is 15.4.